The van der Waals surface area contributed by atoms with E-state index in [-0.39, 0.29) is 0 Å². The number of nitrogens with one attached hydrogen (secondary N) is 1. The highest BCUT2D eigenvalue weighted by molar-refractivity contribution is 7.89. The van der Waals surface area contributed by atoms with Crippen molar-refractivity contribution >= 4 is 10.0 Å². The van der Waals surface area contributed by atoms with Crippen molar-refractivity contribution in [3.63, 3.8) is 0 Å². The molecule has 1 aliphatic heterocycles. The van der Waals surface area contributed by atoms with Crippen molar-refractivity contribution in [3.05, 3.63) is 29.8 Å². The molecule has 0 spiro atoms. The molecule has 1 N–H and O–H groups in total. The molecule has 0 saturated carbocycles. The number of hydrazine groups is 1. The number of nitrogens with zero attached hydrogens (tertiary/aromatic N) is 1. The first kappa shape index (κ1) is 9.60. The van der Waals surface area contributed by atoms with E-state index in [9.17, 15) is 8.42 Å². The summed E-state index contributed by atoms with van der Waals surface area (Å²) in [5.41, 5.74) is 0.730. The average Bonchev–Trinajstić information content (AvgIpc) is 2.17. The fraction of sp³-hybridized carbons (Fsp3) is 0.250. The van der Waals surface area contributed by atoms with Crippen LogP contribution in [0.2, 0.25) is 0 Å². The minimum Gasteiger partial charge on any atom is -0.286 e. The van der Waals surface area contributed by atoms with Crippen LogP contribution in [-0.4, -0.2) is 20.7 Å². The van der Waals surface area contributed by atoms with Gasteiger partial charge in [0.25, 0.3) is 10.0 Å². The van der Waals surface area contributed by atoms with Crippen LogP contribution in [-0.2, 0) is 21.4 Å². The van der Waals surface area contributed by atoms with Crippen molar-refractivity contribution in [1.29, 1.82) is 0 Å². The van der Waals surface area contributed by atoms with E-state index in [2.05, 4.69) is 4.83 Å². The van der Waals surface area contributed by atoms with Gasteiger partial charge in [0.15, 0.2) is 0 Å². The third-order valence-electron chi connectivity index (χ3n) is 2.02. The zero-order valence-electron chi connectivity index (χ0n) is 7.60. The molecule has 0 fully saturated rings. The van der Waals surface area contributed by atoms with Gasteiger partial charge in [0.2, 0.25) is 0 Å². The van der Waals surface area contributed by atoms with Gasteiger partial charge in [0.1, 0.15) is 0 Å². The van der Waals surface area contributed by atoms with Gasteiger partial charge in [-0.25, -0.2) is 8.42 Å². The topological polar surface area (TPSA) is 58.6 Å². The molecular weight excluding hydrogens is 204 g/mol. The van der Waals surface area contributed by atoms with Gasteiger partial charge in [-0.2, -0.15) is 0 Å². The molecule has 0 aromatic heterocycles. The van der Waals surface area contributed by atoms with Gasteiger partial charge in [0.05, 0.1) is 18.6 Å². The second-order valence-electron chi connectivity index (χ2n) is 2.92. The number of benzene rings is 1. The number of fused-ring (bicyclic) bond motifs is 1. The van der Waals surface area contributed by atoms with Crippen LogP contribution in [0.3, 0.4) is 0 Å². The summed E-state index contributed by atoms with van der Waals surface area (Å²) in [6.07, 6.45) is 0. The number of hydrogen-bond donors (Lipinski definition) is 1. The molecular formula is C8H10N2O3S. The first-order valence-electron chi connectivity index (χ1n) is 4.05. The number of hydrogen-bond acceptors (Lipinski definition) is 4. The highest BCUT2D eigenvalue weighted by Gasteiger charge is 2.27. The maximum atomic E-state index is 11.6. The van der Waals surface area contributed by atoms with E-state index < -0.39 is 10.0 Å². The summed E-state index contributed by atoms with van der Waals surface area (Å²) in [5.74, 6) is 0. The standard InChI is InChI=1S/C8H10N2O3S/c1-13-10-6-7-4-2-3-5-8(7)14(11,12)9-10/h2-5,9H,6H2,1H3. The quantitative estimate of drug-likeness (QED) is 0.728. The molecule has 1 heterocycles. The van der Waals surface area contributed by atoms with E-state index in [1.165, 1.54) is 12.3 Å². The Kier molecular flexibility index (Phi) is 2.28. The second-order valence-corrected chi connectivity index (χ2v) is 4.55. The Morgan fingerprint density at radius 3 is 2.86 bits per heavy atom. The molecule has 0 atom stereocenters. The van der Waals surface area contributed by atoms with Crippen LogP contribution in [0.4, 0.5) is 0 Å². The number of hydroxylamine groups is 1. The lowest BCUT2D eigenvalue weighted by molar-refractivity contribution is -0.161. The summed E-state index contributed by atoms with van der Waals surface area (Å²) < 4.78 is 23.2. The molecule has 2 rings (SSSR count). The fourth-order valence-electron chi connectivity index (χ4n) is 1.37. The second kappa shape index (κ2) is 3.32. The minimum absolute atomic E-state index is 0.313. The van der Waals surface area contributed by atoms with Crippen molar-refractivity contribution in [1.82, 2.24) is 10.0 Å². The predicted octanol–water partition coefficient (Wildman–Crippen LogP) is 0.257. The van der Waals surface area contributed by atoms with Crippen molar-refractivity contribution in [2.75, 3.05) is 7.11 Å². The molecule has 6 heteroatoms. The fourth-order valence-corrected chi connectivity index (χ4v) is 2.61. The van der Waals surface area contributed by atoms with E-state index in [1.54, 1.807) is 24.3 Å². The van der Waals surface area contributed by atoms with E-state index in [4.69, 9.17) is 4.84 Å². The molecule has 1 aromatic rings. The van der Waals surface area contributed by atoms with E-state index in [0.29, 0.717) is 11.4 Å². The first-order chi connectivity index (χ1) is 6.63. The van der Waals surface area contributed by atoms with Gasteiger partial charge in [-0.15, -0.1) is 10.0 Å². The lowest BCUT2D eigenvalue weighted by Gasteiger charge is -2.26. The van der Waals surface area contributed by atoms with Crippen molar-refractivity contribution < 1.29 is 13.3 Å². The average molecular weight is 214 g/mol. The molecule has 14 heavy (non-hydrogen) atoms. The Balaban J connectivity index is 2.53. The van der Waals surface area contributed by atoms with Crippen molar-refractivity contribution in [2.45, 2.75) is 11.4 Å². The normalized spacial score (nSPS) is 20.4. The zero-order chi connectivity index (χ0) is 10.2. The first-order valence-corrected chi connectivity index (χ1v) is 5.54. The Hall–Kier alpha value is -0.950. The molecule has 0 amide bonds. The predicted molar refractivity (Wildman–Crippen MR) is 49.3 cm³/mol. The van der Waals surface area contributed by atoms with Gasteiger partial charge in [0, 0.05) is 0 Å². The summed E-state index contributed by atoms with van der Waals surface area (Å²) in [5, 5.41) is 1.18. The van der Waals surface area contributed by atoms with E-state index in [0.717, 1.165) is 5.56 Å². The van der Waals surface area contributed by atoms with Gasteiger partial charge in [-0.05, 0) is 11.6 Å². The molecule has 0 radical (unpaired) electrons. The summed E-state index contributed by atoms with van der Waals surface area (Å²) in [4.78, 5) is 7.42. The van der Waals surface area contributed by atoms with Crippen LogP contribution in [0.15, 0.2) is 29.2 Å². The Labute approximate surface area is 82.3 Å². The molecule has 76 valence electrons. The molecule has 0 unspecified atom stereocenters. The highest BCUT2D eigenvalue weighted by Crippen LogP contribution is 2.21. The van der Waals surface area contributed by atoms with E-state index >= 15 is 0 Å². The van der Waals surface area contributed by atoms with Gasteiger partial charge in [-0.1, -0.05) is 18.2 Å². The minimum atomic E-state index is -3.45. The Morgan fingerprint density at radius 2 is 2.14 bits per heavy atom. The van der Waals surface area contributed by atoms with E-state index in [1.807, 2.05) is 0 Å². The van der Waals surface area contributed by atoms with Crippen LogP contribution >= 0.6 is 0 Å². The van der Waals surface area contributed by atoms with Gasteiger partial charge < -0.3 is 0 Å². The molecule has 0 bridgehead atoms. The summed E-state index contributed by atoms with van der Waals surface area (Å²) in [7, 11) is -2.04. The SMILES string of the molecule is CON1Cc2ccccc2S(=O)(=O)N1. The van der Waals surface area contributed by atoms with Crippen molar-refractivity contribution in [3.8, 4) is 0 Å². The Morgan fingerprint density at radius 1 is 1.43 bits per heavy atom. The lowest BCUT2D eigenvalue weighted by Crippen LogP contribution is -2.44. The van der Waals surface area contributed by atoms with Crippen LogP contribution in [0.1, 0.15) is 5.56 Å². The summed E-state index contributed by atoms with van der Waals surface area (Å²) >= 11 is 0. The van der Waals surface area contributed by atoms with Gasteiger partial charge >= 0.3 is 0 Å². The third kappa shape index (κ3) is 1.53. The largest absolute Gasteiger partial charge is 0.286 e. The Bertz CT molecular complexity index is 444. The van der Waals surface area contributed by atoms with Crippen molar-refractivity contribution in [2.24, 2.45) is 0 Å². The third-order valence-corrected chi connectivity index (χ3v) is 3.44. The maximum Gasteiger partial charge on any atom is 0.255 e. The maximum absolute atomic E-state index is 11.6. The molecule has 1 aromatic carbocycles. The number of sulfonamides is 1. The molecule has 5 nitrogen and oxygen atoms in total. The lowest BCUT2D eigenvalue weighted by atomic mass is 10.2. The van der Waals surface area contributed by atoms with Crippen LogP contribution < -0.4 is 4.83 Å². The summed E-state index contributed by atoms with van der Waals surface area (Å²) in [6.45, 7) is 0.409. The van der Waals surface area contributed by atoms with Crippen LogP contribution in [0.5, 0.6) is 0 Å². The van der Waals surface area contributed by atoms with Crippen LogP contribution in [0.25, 0.3) is 0 Å². The number of rotatable bonds is 1. The molecule has 0 aliphatic carbocycles. The molecule has 1 aliphatic rings. The summed E-state index contributed by atoms with van der Waals surface area (Å²) in [6, 6.07) is 6.83. The zero-order valence-corrected chi connectivity index (χ0v) is 8.41. The van der Waals surface area contributed by atoms with Gasteiger partial charge in [-0.3, -0.25) is 4.84 Å². The molecule has 0 saturated heterocycles. The monoisotopic (exact) mass is 214 g/mol. The highest BCUT2D eigenvalue weighted by atomic mass is 32.2. The smallest absolute Gasteiger partial charge is 0.255 e. The van der Waals surface area contributed by atoms with Crippen LogP contribution in [0, 0.1) is 0 Å².